The molecule has 0 aromatic heterocycles. The van der Waals surface area contributed by atoms with Crippen LogP contribution in [0, 0.1) is 11.8 Å². The Hall–Kier alpha value is -1.12. The van der Waals surface area contributed by atoms with Gasteiger partial charge in [-0.05, 0) is 31.3 Å². The number of hydrogen-bond acceptors (Lipinski definition) is 3. The smallest absolute Gasteiger partial charge is 0.309 e. The van der Waals surface area contributed by atoms with E-state index in [0.29, 0.717) is 12.3 Å². The van der Waals surface area contributed by atoms with Gasteiger partial charge in [0.1, 0.15) is 0 Å². The van der Waals surface area contributed by atoms with E-state index in [-0.39, 0.29) is 17.7 Å². The molecule has 2 aliphatic rings. The number of hydrogen-bond donors (Lipinski definition) is 0. The summed E-state index contributed by atoms with van der Waals surface area (Å²) in [5.41, 5.74) is 2.09. The van der Waals surface area contributed by atoms with Crippen LogP contribution in [0.2, 0.25) is 0 Å². The largest absolute Gasteiger partial charge is 0.469 e. The van der Waals surface area contributed by atoms with E-state index in [1.807, 2.05) is 6.92 Å². The van der Waals surface area contributed by atoms with Crippen LogP contribution in [0.5, 0.6) is 0 Å². The Kier molecular flexibility index (Phi) is 2.17. The summed E-state index contributed by atoms with van der Waals surface area (Å²) in [4.78, 5) is 22.5. The molecule has 0 spiro atoms. The molecule has 1 fully saturated rings. The van der Waals surface area contributed by atoms with E-state index in [9.17, 15) is 9.59 Å². The predicted octanol–water partition coefficient (Wildman–Crippen LogP) is 1.47. The fraction of sp³-hybridized carbons (Fsp3) is 0.636. The Morgan fingerprint density at radius 1 is 1.43 bits per heavy atom. The molecular weight excluding hydrogens is 180 g/mol. The van der Waals surface area contributed by atoms with Gasteiger partial charge in [-0.1, -0.05) is 5.57 Å². The molecule has 0 N–H and O–H groups in total. The van der Waals surface area contributed by atoms with Crippen LogP contribution in [-0.2, 0) is 14.3 Å². The van der Waals surface area contributed by atoms with E-state index < -0.39 is 0 Å². The number of rotatable bonds is 2. The number of methoxy groups -OCH3 is 1. The minimum atomic E-state index is -0.130. The summed E-state index contributed by atoms with van der Waals surface area (Å²) in [6.07, 6.45) is 2.35. The van der Waals surface area contributed by atoms with E-state index in [4.69, 9.17) is 0 Å². The molecule has 0 aromatic rings. The van der Waals surface area contributed by atoms with Gasteiger partial charge in [0.05, 0.1) is 13.0 Å². The second-order valence-electron chi connectivity index (χ2n) is 4.05. The SMILES string of the molecule is COC(=O)[C@@H]1C[C@H]1C1=C(C)C(=O)CC1. The first-order chi connectivity index (χ1) is 6.65. The Morgan fingerprint density at radius 3 is 2.64 bits per heavy atom. The molecule has 3 nitrogen and oxygen atoms in total. The number of ether oxygens (including phenoxy) is 1. The van der Waals surface area contributed by atoms with Crippen molar-refractivity contribution in [3.63, 3.8) is 0 Å². The van der Waals surface area contributed by atoms with Crippen LogP contribution in [0.3, 0.4) is 0 Å². The monoisotopic (exact) mass is 194 g/mol. The third-order valence-electron chi connectivity index (χ3n) is 3.26. The minimum absolute atomic E-state index is 0.0239. The van der Waals surface area contributed by atoms with Crippen LogP contribution in [0.25, 0.3) is 0 Å². The summed E-state index contributed by atoms with van der Waals surface area (Å²) >= 11 is 0. The third-order valence-corrected chi connectivity index (χ3v) is 3.26. The number of carbonyl (C=O) groups excluding carboxylic acids is 2. The highest BCUT2D eigenvalue weighted by molar-refractivity contribution is 5.98. The molecule has 3 heteroatoms. The lowest BCUT2D eigenvalue weighted by Crippen LogP contribution is -2.05. The van der Waals surface area contributed by atoms with Crippen molar-refractivity contribution in [1.29, 1.82) is 0 Å². The van der Waals surface area contributed by atoms with Crippen molar-refractivity contribution in [2.75, 3.05) is 7.11 Å². The number of carbonyl (C=O) groups is 2. The van der Waals surface area contributed by atoms with E-state index in [1.165, 1.54) is 12.7 Å². The number of esters is 1. The average molecular weight is 194 g/mol. The average Bonchev–Trinajstić information content (AvgIpc) is 2.90. The Morgan fingerprint density at radius 2 is 2.14 bits per heavy atom. The van der Waals surface area contributed by atoms with Gasteiger partial charge in [-0.25, -0.2) is 0 Å². The first-order valence-electron chi connectivity index (χ1n) is 4.95. The molecule has 0 bridgehead atoms. The third kappa shape index (κ3) is 1.37. The Bertz CT molecular complexity index is 327. The molecule has 0 saturated heterocycles. The molecule has 2 aliphatic carbocycles. The lowest BCUT2D eigenvalue weighted by molar-refractivity contribution is -0.142. The van der Waals surface area contributed by atoms with Crippen LogP contribution < -0.4 is 0 Å². The highest BCUT2D eigenvalue weighted by Gasteiger charge is 2.47. The number of allylic oxidation sites excluding steroid dienone is 2. The van der Waals surface area contributed by atoms with Crippen molar-refractivity contribution in [2.24, 2.45) is 11.8 Å². The van der Waals surface area contributed by atoms with Crippen molar-refractivity contribution in [3.05, 3.63) is 11.1 Å². The van der Waals surface area contributed by atoms with Crippen LogP contribution >= 0.6 is 0 Å². The lowest BCUT2D eigenvalue weighted by atomic mass is 10.1. The molecule has 2 rings (SSSR count). The molecule has 0 heterocycles. The highest BCUT2D eigenvalue weighted by Crippen LogP contribution is 2.49. The standard InChI is InChI=1S/C11H14O3/c1-6-7(3-4-10(6)12)8-5-9(8)11(13)14-2/h8-9H,3-5H2,1-2H3/t8-,9+/m0/s1. The zero-order valence-corrected chi connectivity index (χ0v) is 8.50. The van der Waals surface area contributed by atoms with Gasteiger partial charge in [0, 0.05) is 6.42 Å². The molecule has 0 radical (unpaired) electrons. The summed E-state index contributed by atoms with van der Waals surface area (Å²) in [7, 11) is 1.42. The van der Waals surface area contributed by atoms with Crippen LogP contribution in [0.15, 0.2) is 11.1 Å². The minimum Gasteiger partial charge on any atom is -0.469 e. The van der Waals surface area contributed by atoms with Gasteiger partial charge in [-0.15, -0.1) is 0 Å². The Balaban J connectivity index is 2.07. The summed E-state index contributed by atoms with van der Waals surface area (Å²) in [5, 5.41) is 0. The zero-order valence-electron chi connectivity index (χ0n) is 8.50. The molecular formula is C11H14O3. The van der Waals surface area contributed by atoms with Crippen molar-refractivity contribution in [1.82, 2.24) is 0 Å². The lowest BCUT2D eigenvalue weighted by Gasteiger charge is -2.00. The highest BCUT2D eigenvalue weighted by atomic mass is 16.5. The van der Waals surface area contributed by atoms with Crippen molar-refractivity contribution >= 4 is 11.8 Å². The summed E-state index contributed by atoms with van der Waals surface area (Å²) in [6, 6.07) is 0. The molecule has 14 heavy (non-hydrogen) atoms. The molecule has 0 aromatic carbocycles. The number of Topliss-reactive ketones (excluding diaryl/α,β-unsaturated/α-hetero) is 1. The quantitative estimate of drug-likeness (QED) is 0.625. The first-order valence-corrected chi connectivity index (χ1v) is 4.95. The van der Waals surface area contributed by atoms with Gasteiger partial charge in [-0.3, -0.25) is 9.59 Å². The van der Waals surface area contributed by atoms with E-state index in [0.717, 1.165) is 18.4 Å². The number of ketones is 1. The summed E-state index contributed by atoms with van der Waals surface area (Å²) in [5.74, 6) is 0.440. The van der Waals surface area contributed by atoms with Gasteiger partial charge in [0.15, 0.2) is 5.78 Å². The fourth-order valence-electron chi connectivity index (χ4n) is 2.26. The van der Waals surface area contributed by atoms with Gasteiger partial charge in [-0.2, -0.15) is 0 Å². The van der Waals surface area contributed by atoms with Crippen LogP contribution in [0.4, 0.5) is 0 Å². The second-order valence-corrected chi connectivity index (χ2v) is 4.05. The molecule has 0 amide bonds. The zero-order chi connectivity index (χ0) is 10.3. The first kappa shape index (κ1) is 9.44. The maximum atomic E-state index is 11.3. The molecule has 2 atom stereocenters. The van der Waals surface area contributed by atoms with Crippen molar-refractivity contribution < 1.29 is 14.3 Å². The van der Waals surface area contributed by atoms with Crippen molar-refractivity contribution in [2.45, 2.75) is 26.2 Å². The van der Waals surface area contributed by atoms with Gasteiger partial charge in [0.2, 0.25) is 0 Å². The summed E-state index contributed by atoms with van der Waals surface area (Å²) in [6.45, 7) is 1.87. The topological polar surface area (TPSA) is 43.4 Å². The van der Waals surface area contributed by atoms with E-state index >= 15 is 0 Å². The van der Waals surface area contributed by atoms with Crippen LogP contribution in [0.1, 0.15) is 26.2 Å². The normalized spacial score (nSPS) is 30.9. The molecule has 0 unspecified atom stereocenters. The maximum absolute atomic E-state index is 11.3. The predicted molar refractivity (Wildman–Crippen MR) is 50.6 cm³/mol. The van der Waals surface area contributed by atoms with Crippen LogP contribution in [-0.4, -0.2) is 18.9 Å². The molecule has 1 saturated carbocycles. The van der Waals surface area contributed by atoms with E-state index in [2.05, 4.69) is 4.74 Å². The van der Waals surface area contributed by atoms with Gasteiger partial charge in [0.25, 0.3) is 0 Å². The molecule has 0 aliphatic heterocycles. The van der Waals surface area contributed by atoms with E-state index in [1.54, 1.807) is 0 Å². The van der Waals surface area contributed by atoms with Gasteiger partial charge < -0.3 is 4.74 Å². The summed E-state index contributed by atoms with van der Waals surface area (Å²) < 4.78 is 4.68. The Labute approximate surface area is 83.1 Å². The molecule has 76 valence electrons. The fourth-order valence-corrected chi connectivity index (χ4v) is 2.26. The second kappa shape index (κ2) is 3.23. The van der Waals surface area contributed by atoms with Gasteiger partial charge >= 0.3 is 5.97 Å². The maximum Gasteiger partial charge on any atom is 0.309 e. The van der Waals surface area contributed by atoms with Crippen molar-refractivity contribution in [3.8, 4) is 0 Å².